The normalized spacial score (nSPS) is 17.5. The fourth-order valence-corrected chi connectivity index (χ4v) is 2.84. The maximum atomic E-state index is 12.6. The summed E-state index contributed by atoms with van der Waals surface area (Å²) in [5, 5.41) is 14.0. The third kappa shape index (κ3) is 2.84. The summed E-state index contributed by atoms with van der Waals surface area (Å²) in [4.78, 5) is 14.3. The van der Waals surface area contributed by atoms with E-state index in [1.807, 2.05) is 13.2 Å². The van der Waals surface area contributed by atoms with Crippen molar-refractivity contribution in [2.24, 2.45) is 5.92 Å². The molecule has 0 radical (unpaired) electrons. The third-order valence-electron chi connectivity index (χ3n) is 4.23. The molecular weight excluding hydrogens is 266 g/mol. The molecular formula is C15H21N5O. The lowest BCUT2D eigenvalue weighted by Gasteiger charge is -2.20. The van der Waals surface area contributed by atoms with Crippen LogP contribution in [0.25, 0.3) is 0 Å². The number of carbonyl (C=O) groups is 1. The molecule has 1 amide bonds. The van der Waals surface area contributed by atoms with Crippen molar-refractivity contribution in [2.75, 3.05) is 13.6 Å². The molecule has 2 aromatic rings. The monoisotopic (exact) mass is 287 g/mol. The largest absolute Gasteiger partial charge is 0.340 e. The van der Waals surface area contributed by atoms with Gasteiger partial charge in [-0.3, -0.25) is 15.0 Å². The first-order valence-electron chi connectivity index (χ1n) is 7.44. The fourth-order valence-electron chi connectivity index (χ4n) is 2.84. The zero-order valence-corrected chi connectivity index (χ0v) is 12.5. The summed E-state index contributed by atoms with van der Waals surface area (Å²) >= 11 is 0. The molecule has 3 rings (SSSR count). The maximum absolute atomic E-state index is 12.6. The number of fused-ring (bicyclic) bond motifs is 1. The Labute approximate surface area is 123 Å². The van der Waals surface area contributed by atoms with Crippen LogP contribution in [0.1, 0.15) is 40.7 Å². The van der Waals surface area contributed by atoms with E-state index in [1.54, 1.807) is 11.1 Å². The predicted octanol–water partition coefficient (Wildman–Crippen LogP) is 1.57. The highest BCUT2D eigenvalue weighted by molar-refractivity contribution is 5.93. The molecule has 0 fully saturated rings. The third-order valence-corrected chi connectivity index (χ3v) is 4.23. The van der Waals surface area contributed by atoms with Gasteiger partial charge in [-0.25, -0.2) is 0 Å². The van der Waals surface area contributed by atoms with Crippen molar-refractivity contribution in [3.05, 3.63) is 34.9 Å². The van der Waals surface area contributed by atoms with Crippen LogP contribution >= 0.6 is 0 Å². The zero-order valence-electron chi connectivity index (χ0n) is 12.5. The lowest BCUT2D eigenvalue weighted by Crippen LogP contribution is -2.30. The number of H-pyrrole nitrogens is 2. The van der Waals surface area contributed by atoms with E-state index in [9.17, 15) is 4.79 Å². The minimum Gasteiger partial charge on any atom is -0.340 e. The van der Waals surface area contributed by atoms with Gasteiger partial charge in [0.2, 0.25) is 0 Å². The topological polar surface area (TPSA) is 77.7 Å². The number of likely N-dealkylation sites (N-methyl/N-ethyl adjacent to an activating group) is 1. The molecule has 6 heteroatoms. The van der Waals surface area contributed by atoms with Crippen molar-refractivity contribution >= 4 is 5.91 Å². The summed E-state index contributed by atoms with van der Waals surface area (Å²) in [6.45, 7) is 2.89. The van der Waals surface area contributed by atoms with Gasteiger partial charge in [-0.05, 0) is 37.2 Å². The van der Waals surface area contributed by atoms with Gasteiger partial charge in [-0.2, -0.15) is 10.2 Å². The molecule has 0 aromatic carbocycles. The second-order valence-electron chi connectivity index (χ2n) is 5.96. The zero-order chi connectivity index (χ0) is 14.8. The van der Waals surface area contributed by atoms with Crippen LogP contribution < -0.4 is 0 Å². The standard InChI is InChI=1S/C15H21N5O/c1-10-3-4-13-12(7-10)14(19-18-13)15(21)20(2)6-5-11-8-16-17-9-11/h8-10H,3-7H2,1-2H3,(H,16,17)(H,18,19). The first kappa shape index (κ1) is 13.9. The average Bonchev–Trinajstić information content (AvgIpc) is 3.12. The van der Waals surface area contributed by atoms with Crippen molar-refractivity contribution in [2.45, 2.75) is 32.6 Å². The first-order chi connectivity index (χ1) is 10.1. The lowest BCUT2D eigenvalue weighted by atomic mass is 9.87. The van der Waals surface area contributed by atoms with E-state index >= 15 is 0 Å². The van der Waals surface area contributed by atoms with Gasteiger partial charge in [0.05, 0.1) is 6.20 Å². The molecule has 1 aliphatic carbocycles. The van der Waals surface area contributed by atoms with Crippen LogP contribution in [-0.2, 0) is 19.3 Å². The smallest absolute Gasteiger partial charge is 0.274 e. The van der Waals surface area contributed by atoms with Crippen LogP contribution in [0, 0.1) is 5.92 Å². The van der Waals surface area contributed by atoms with Crippen LogP contribution in [0.2, 0.25) is 0 Å². The van der Waals surface area contributed by atoms with E-state index in [0.717, 1.165) is 36.1 Å². The molecule has 0 bridgehead atoms. The molecule has 2 heterocycles. The van der Waals surface area contributed by atoms with Crippen LogP contribution in [0.15, 0.2) is 12.4 Å². The average molecular weight is 287 g/mol. The molecule has 21 heavy (non-hydrogen) atoms. The highest BCUT2D eigenvalue weighted by Crippen LogP contribution is 2.26. The summed E-state index contributed by atoms with van der Waals surface area (Å²) in [6.07, 6.45) is 7.55. The van der Waals surface area contributed by atoms with Gasteiger partial charge in [0.15, 0.2) is 5.69 Å². The Bertz CT molecular complexity index is 616. The molecule has 112 valence electrons. The number of hydrogen-bond donors (Lipinski definition) is 2. The number of nitrogens with zero attached hydrogens (tertiary/aromatic N) is 3. The van der Waals surface area contributed by atoms with Crippen LogP contribution in [0.4, 0.5) is 0 Å². The summed E-state index contributed by atoms with van der Waals surface area (Å²) < 4.78 is 0. The number of amides is 1. The van der Waals surface area contributed by atoms with E-state index in [4.69, 9.17) is 0 Å². The highest BCUT2D eigenvalue weighted by atomic mass is 16.2. The van der Waals surface area contributed by atoms with E-state index in [0.29, 0.717) is 18.2 Å². The van der Waals surface area contributed by atoms with Crippen LogP contribution in [0.3, 0.4) is 0 Å². The molecule has 2 aromatic heterocycles. The van der Waals surface area contributed by atoms with Gasteiger partial charge >= 0.3 is 0 Å². The SMILES string of the molecule is CC1CCc2[nH]nc(C(=O)N(C)CCc3cn[nH]c3)c2C1. The highest BCUT2D eigenvalue weighted by Gasteiger charge is 2.26. The van der Waals surface area contributed by atoms with E-state index in [1.165, 1.54) is 6.42 Å². The molecule has 0 saturated carbocycles. The van der Waals surface area contributed by atoms with Crippen molar-refractivity contribution in [3.63, 3.8) is 0 Å². The predicted molar refractivity (Wildman–Crippen MR) is 79.0 cm³/mol. The number of nitrogens with one attached hydrogen (secondary N) is 2. The van der Waals surface area contributed by atoms with Crippen molar-refractivity contribution < 1.29 is 4.79 Å². The van der Waals surface area contributed by atoms with Gasteiger partial charge in [-0.15, -0.1) is 0 Å². The van der Waals surface area contributed by atoms with E-state index in [2.05, 4.69) is 27.3 Å². The molecule has 0 saturated heterocycles. The Morgan fingerprint density at radius 1 is 1.52 bits per heavy atom. The Morgan fingerprint density at radius 3 is 3.14 bits per heavy atom. The minimum atomic E-state index is 0.00472. The van der Waals surface area contributed by atoms with E-state index < -0.39 is 0 Å². The molecule has 1 aliphatic rings. The van der Waals surface area contributed by atoms with Crippen molar-refractivity contribution in [1.29, 1.82) is 0 Å². The summed E-state index contributed by atoms with van der Waals surface area (Å²) in [5.74, 6) is 0.628. The number of aromatic nitrogens is 4. The molecule has 0 spiro atoms. The maximum Gasteiger partial charge on any atom is 0.274 e. The van der Waals surface area contributed by atoms with Gasteiger partial charge < -0.3 is 4.90 Å². The Hall–Kier alpha value is -2.11. The van der Waals surface area contributed by atoms with Crippen LogP contribution in [0.5, 0.6) is 0 Å². The number of aryl methyl sites for hydroxylation is 1. The summed E-state index contributed by atoms with van der Waals surface area (Å²) in [7, 11) is 1.83. The number of carbonyl (C=O) groups excluding carboxylic acids is 1. The molecule has 1 unspecified atom stereocenters. The summed E-state index contributed by atoms with van der Waals surface area (Å²) in [5.41, 5.74) is 3.96. The number of rotatable bonds is 4. The van der Waals surface area contributed by atoms with Gasteiger partial charge in [0.25, 0.3) is 5.91 Å². The van der Waals surface area contributed by atoms with E-state index in [-0.39, 0.29) is 5.91 Å². The second kappa shape index (κ2) is 5.71. The Balaban J connectivity index is 1.68. The van der Waals surface area contributed by atoms with Gasteiger partial charge in [-0.1, -0.05) is 6.92 Å². The van der Waals surface area contributed by atoms with Crippen LogP contribution in [-0.4, -0.2) is 44.8 Å². The van der Waals surface area contributed by atoms with Gasteiger partial charge in [0.1, 0.15) is 0 Å². The second-order valence-corrected chi connectivity index (χ2v) is 5.96. The lowest BCUT2D eigenvalue weighted by molar-refractivity contribution is 0.0789. The van der Waals surface area contributed by atoms with Crippen molar-refractivity contribution in [1.82, 2.24) is 25.3 Å². The molecule has 2 N–H and O–H groups in total. The van der Waals surface area contributed by atoms with Crippen molar-refractivity contribution in [3.8, 4) is 0 Å². The number of hydrogen-bond acceptors (Lipinski definition) is 3. The quantitative estimate of drug-likeness (QED) is 0.896. The van der Waals surface area contributed by atoms with Gasteiger partial charge in [0, 0.05) is 31.0 Å². The minimum absolute atomic E-state index is 0.00472. The first-order valence-corrected chi connectivity index (χ1v) is 7.44. The molecule has 1 atom stereocenters. The Morgan fingerprint density at radius 2 is 2.38 bits per heavy atom. The summed E-state index contributed by atoms with van der Waals surface area (Å²) in [6, 6.07) is 0. The molecule has 6 nitrogen and oxygen atoms in total. The number of aromatic amines is 2. The Kier molecular flexibility index (Phi) is 3.77. The fraction of sp³-hybridized carbons (Fsp3) is 0.533. The molecule has 0 aliphatic heterocycles.